The number of benzene rings is 1. The Morgan fingerprint density at radius 1 is 1.20 bits per heavy atom. The van der Waals surface area contributed by atoms with Crippen LogP contribution in [0.5, 0.6) is 0 Å². The van der Waals surface area contributed by atoms with Crippen molar-refractivity contribution in [1.82, 2.24) is 0 Å². The zero-order chi connectivity index (χ0) is 12.3. The third-order valence-corrected chi connectivity index (χ3v) is 1.84. The van der Waals surface area contributed by atoms with E-state index in [1.165, 1.54) is 16.7 Å². The molecule has 1 rings (SSSR count). The van der Waals surface area contributed by atoms with Crippen LogP contribution in [0, 0.1) is 6.92 Å². The molecule has 86 valence electrons. The fraction of sp³-hybridized carbons (Fsp3) is 0.429. The molecule has 0 heterocycles. The molecule has 1 nitrogen and oxygen atoms in total. The van der Waals surface area contributed by atoms with Gasteiger partial charge in [-0.15, -0.1) is 0 Å². The standard InChI is InChI=1S/C10H13N.2C2H6/c1-3-10-8(2)5-4-6-9(10)7-11;2*1-2/h3-6H,1,7,11H2,2H3;2*1-2H3. The van der Waals surface area contributed by atoms with Crippen LogP contribution < -0.4 is 5.73 Å². The van der Waals surface area contributed by atoms with Crippen molar-refractivity contribution in [1.29, 1.82) is 0 Å². The van der Waals surface area contributed by atoms with E-state index in [2.05, 4.69) is 19.6 Å². The molecule has 1 aromatic carbocycles. The van der Waals surface area contributed by atoms with Crippen molar-refractivity contribution >= 4 is 6.08 Å². The van der Waals surface area contributed by atoms with E-state index >= 15 is 0 Å². The fourth-order valence-corrected chi connectivity index (χ4v) is 1.21. The minimum absolute atomic E-state index is 0.586. The second-order valence-corrected chi connectivity index (χ2v) is 2.56. The van der Waals surface area contributed by atoms with E-state index in [-0.39, 0.29) is 0 Å². The number of hydrogen-bond donors (Lipinski definition) is 1. The molecule has 0 spiro atoms. The molecular weight excluding hydrogens is 182 g/mol. The molecule has 0 atom stereocenters. The van der Waals surface area contributed by atoms with Crippen molar-refractivity contribution in [2.24, 2.45) is 5.73 Å². The van der Waals surface area contributed by atoms with E-state index < -0.39 is 0 Å². The average Bonchev–Trinajstić information content (AvgIpc) is 2.33. The predicted octanol–water partition coefficient (Wildman–Crippen LogP) is 4.15. The van der Waals surface area contributed by atoms with Crippen LogP contribution in [0.2, 0.25) is 0 Å². The molecule has 0 saturated heterocycles. The van der Waals surface area contributed by atoms with Gasteiger partial charge in [0.15, 0.2) is 0 Å². The first kappa shape index (κ1) is 16.4. The molecule has 0 aromatic heterocycles. The summed E-state index contributed by atoms with van der Waals surface area (Å²) in [5, 5.41) is 0. The Bertz CT molecular complexity index is 264. The van der Waals surface area contributed by atoms with Gasteiger partial charge in [-0.3, -0.25) is 0 Å². The van der Waals surface area contributed by atoms with Crippen molar-refractivity contribution in [2.45, 2.75) is 41.2 Å². The van der Waals surface area contributed by atoms with Gasteiger partial charge in [0, 0.05) is 6.54 Å². The highest BCUT2D eigenvalue weighted by Gasteiger charge is 1.98. The second kappa shape index (κ2) is 11.0. The van der Waals surface area contributed by atoms with Gasteiger partial charge in [-0.2, -0.15) is 0 Å². The summed E-state index contributed by atoms with van der Waals surface area (Å²) in [6.07, 6.45) is 1.86. The normalized spacial score (nSPS) is 7.87. The highest BCUT2D eigenvalue weighted by atomic mass is 14.5. The molecule has 0 aliphatic rings. The maximum atomic E-state index is 5.55. The van der Waals surface area contributed by atoms with Crippen LogP contribution in [0.4, 0.5) is 0 Å². The molecule has 0 aliphatic carbocycles. The summed E-state index contributed by atoms with van der Waals surface area (Å²) in [5.41, 5.74) is 9.13. The van der Waals surface area contributed by atoms with Gasteiger partial charge in [0.25, 0.3) is 0 Å². The SMILES string of the molecule is C=Cc1c(C)cccc1CN.CC.CC. The first-order valence-electron chi connectivity index (χ1n) is 5.70. The van der Waals surface area contributed by atoms with Crippen LogP contribution in [0.25, 0.3) is 6.08 Å². The smallest absolute Gasteiger partial charge is 0.0184 e. The van der Waals surface area contributed by atoms with Crippen LogP contribution >= 0.6 is 0 Å². The Morgan fingerprint density at radius 2 is 1.73 bits per heavy atom. The molecule has 0 unspecified atom stereocenters. The fourth-order valence-electron chi connectivity index (χ4n) is 1.21. The molecule has 2 N–H and O–H groups in total. The van der Waals surface area contributed by atoms with Crippen molar-refractivity contribution in [3.8, 4) is 0 Å². The molecule has 1 aromatic rings. The monoisotopic (exact) mass is 207 g/mol. The summed E-state index contributed by atoms with van der Waals surface area (Å²) in [7, 11) is 0. The van der Waals surface area contributed by atoms with Gasteiger partial charge in [-0.25, -0.2) is 0 Å². The summed E-state index contributed by atoms with van der Waals surface area (Å²) in [4.78, 5) is 0. The summed E-state index contributed by atoms with van der Waals surface area (Å²) < 4.78 is 0. The van der Waals surface area contributed by atoms with E-state index in [4.69, 9.17) is 5.73 Å². The van der Waals surface area contributed by atoms with Crippen LogP contribution in [0.1, 0.15) is 44.4 Å². The van der Waals surface area contributed by atoms with E-state index in [1.807, 2.05) is 45.9 Å². The summed E-state index contributed by atoms with van der Waals surface area (Å²) in [6, 6.07) is 6.12. The first-order valence-corrected chi connectivity index (χ1v) is 5.70. The highest BCUT2D eigenvalue weighted by molar-refractivity contribution is 5.56. The van der Waals surface area contributed by atoms with Crippen molar-refractivity contribution in [3.63, 3.8) is 0 Å². The first-order chi connectivity index (χ1) is 7.29. The van der Waals surface area contributed by atoms with Crippen LogP contribution in [0.15, 0.2) is 24.8 Å². The Hall–Kier alpha value is -1.08. The minimum Gasteiger partial charge on any atom is -0.326 e. The topological polar surface area (TPSA) is 26.0 Å². The zero-order valence-corrected chi connectivity index (χ0v) is 10.8. The van der Waals surface area contributed by atoms with Gasteiger partial charge in [0.2, 0.25) is 0 Å². The van der Waals surface area contributed by atoms with Gasteiger partial charge in [-0.1, -0.05) is 58.5 Å². The Labute approximate surface area is 95.0 Å². The Balaban J connectivity index is 0. The van der Waals surface area contributed by atoms with Crippen molar-refractivity contribution in [2.75, 3.05) is 0 Å². The van der Waals surface area contributed by atoms with E-state index in [9.17, 15) is 0 Å². The highest BCUT2D eigenvalue weighted by Crippen LogP contribution is 2.14. The van der Waals surface area contributed by atoms with Gasteiger partial charge in [0.05, 0.1) is 0 Å². The van der Waals surface area contributed by atoms with Crippen molar-refractivity contribution in [3.05, 3.63) is 41.5 Å². The molecule has 0 saturated carbocycles. The summed E-state index contributed by atoms with van der Waals surface area (Å²) in [6.45, 7) is 14.4. The Kier molecular flexibility index (Phi) is 12.0. The van der Waals surface area contributed by atoms with E-state index in [0.717, 1.165) is 0 Å². The number of hydrogen-bond acceptors (Lipinski definition) is 1. The molecule has 0 radical (unpaired) electrons. The largest absolute Gasteiger partial charge is 0.326 e. The lowest BCUT2D eigenvalue weighted by molar-refractivity contribution is 1.06. The second-order valence-electron chi connectivity index (χ2n) is 2.56. The van der Waals surface area contributed by atoms with Crippen LogP contribution in [-0.2, 0) is 6.54 Å². The van der Waals surface area contributed by atoms with Gasteiger partial charge >= 0.3 is 0 Å². The summed E-state index contributed by atoms with van der Waals surface area (Å²) in [5.74, 6) is 0. The summed E-state index contributed by atoms with van der Waals surface area (Å²) >= 11 is 0. The molecule has 15 heavy (non-hydrogen) atoms. The molecular formula is C14H25N. The van der Waals surface area contributed by atoms with Crippen molar-refractivity contribution < 1.29 is 0 Å². The quantitative estimate of drug-likeness (QED) is 0.774. The number of aryl methyl sites for hydroxylation is 1. The molecule has 0 amide bonds. The maximum Gasteiger partial charge on any atom is 0.0184 e. The predicted molar refractivity (Wildman–Crippen MR) is 71.9 cm³/mol. The maximum absolute atomic E-state index is 5.55. The molecule has 1 heteroatoms. The third kappa shape index (κ3) is 5.38. The minimum atomic E-state index is 0.586. The van der Waals surface area contributed by atoms with E-state index in [0.29, 0.717) is 6.54 Å². The van der Waals surface area contributed by atoms with Crippen LogP contribution in [0.3, 0.4) is 0 Å². The molecule has 0 bridgehead atoms. The number of rotatable bonds is 2. The molecule has 0 fully saturated rings. The Morgan fingerprint density at radius 3 is 2.07 bits per heavy atom. The van der Waals surface area contributed by atoms with Gasteiger partial charge in [-0.05, 0) is 23.6 Å². The van der Waals surface area contributed by atoms with Gasteiger partial charge < -0.3 is 5.73 Å². The third-order valence-electron chi connectivity index (χ3n) is 1.84. The lowest BCUT2D eigenvalue weighted by atomic mass is 10.0. The number of nitrogens with two attached hydrogens (primary N) is 1. The van der Waals surface area contributed by atoms with E-state index in [1.54, 1.807) is 0 Å². The lowest BCUT2D eigenvalue weighted by Gasteiger charge is -2.05. The zero-order valence-electron chi connectivity index (χ0n) is 10.8. The van der Waals surface area contributed by atoms with Crippen LogP contribution in [-0.4, -0.2) is 0 Å². The lowest BCUT2D eigenvalue weighted by Crippen LogP contribution is -1.99. The average molecular weight is 207 g/mol. The molecule has 0 aliphatic heterocycles. The van der Waals surface area contributed by atoms with Gasteiger partial charge in [0.1, 0.15) is 0 Å².